The van der Waals surface area contributed by atoms with Crippen molar-refractivity contribution in [3.05, 3.63) is 34.3 Å². The Morgan fingerprint density at radius 2 is 2.07 bits per heavy atom. The average Bonchev–Trinajstić information content (AvgIpc) is 2.14. The molecular formula is C13H17ClO. The third-order valence-corrected chi connectivity index (χ3v) is 2.69. The van der Waals surface area contributed by atoms with E-state index in [-0.39, 0.29) is 5.78 Å². The van der Waals surface area contributed by atoms with Crippen LogP contribution in [0.3, 0.4) is 0 Å². The summed E-state index contributed by atoms with van der Waals surface area (Å²) in [5.41, 5.74) is 1.74. The number of halogens is 1. The van der Waals surface area contributed by atoms with Gasteiger partial charge in [0.15, 0.2) is 5.78 Å². The summed E-state index contributed by atoms with van der Waals surface area (Å²) in [5.74, 6) is 0.701. The van der Waals surface area contributed by atoms with Crippen LogP contribution in [0.25, 0.3) is 0 Å². The maximum atomic E-state index is 11.8. The average molecular weight is 225 g/mol. The van der Waals surface area contributed by atoms with Crippen molar-refractivity contribution in [2.75, 3.05) is 0 Å². The molecule has 0 radical (unpaired) electrons. The van der Waals surface area contributed by atoms with Crippen molar-refractivity contribution in [3.8, 4) is 0 Å². The van der Waals surface area contributed by atoms with E-state index in [2.05, 4.69) is 13.8 Å². The molecule has 0 saturated heterocycles. The normalized spacial score (nSPS) is 10.7. The van der Waals surface area contributed by atoms with Gasteiger partial charge < -0.3 is 0 Å². The van der Waals surface area contributed by atoms with Crippen molar-refractivity contribution in [1.29, 1.82) is 0 Å². The SMILES string of the molecule is Cc1ccc(C(=O)CCC(C)C)c(Cl)c1. The van der Waals surface area contributed by atoms with E-state index >= 15 is 0 Å². The zero-order valence-corrected chi connectivity index (χ0v) is 10.3. The van der Waals surface area contributed by atoms with Crippen molar-refractivity contribution < 1.29 is 4.79 Å². The molecule has 0 N–H and O–H groups in total. The van der Waals surface area contributed by atoms with Gasteiger partial charge in [0.2, 0.25) is 0 Å². The summed E-state index contributed by atoms with van der Waals surface area (Å²) in [7, 11) is 0. The number of benzene rings is 1. The molecule has 15 heavy (non-hydrogen) atoms. The first-order valence-corrected chi connectivity index (χ1v) is 5.68. The highest BCUT2D eigenvalue weighted by molar-refractivity contribution is 6.34. The summed E-state index contributed by atoms with van der Waals surface area (Å²) in [6.45, 7) is 6.20. The Kier molecular flexibility index (Phi) is 4.34. The van der Waals surface area contributed by atoms with Gasteiger partial charge >= 0.3 is 0 Å². The fourth-order valence-electron chi connectivity index (χ4n) is 1.40. The van der Waals surface area contributed by atoms with E-state index in [1.54, 1.807) is 0 Å². The van der Waals surface area contributed by atoms with Gasteiger partial charge in [-0.15, -0.1) is 0 Å². The minimum absolute atomic E-state index is 0.147. The van der Waals surface area contributed by atoms with Gasteiger partial charge in [0.05, 0.1) is 5.02 Å². The van der Waals surface area contributed by atoms with Crippen LogP contribution >= 0.6 is 11.6 Å². The van der Waals surface area contributed by atoms with Gasteiger partial charge in [-0.2, -0.15) is 0 Å². The fraction of sp³-hybridized carbons (Fsp3) is 0.462. The van der Waals surface area contributed by atoms with E-state index in [4.69, 9.17) is 11.6 Å². The van der Waals surface area contributed by atoms with Crippen LogP contribution in [0.5, 0.6) is 0 Å². The molecule has 0 unspecified atom stereocenters. The minimum atomic E-state index is 0.147. The highest BCUT2D eigenvalue weighted by Crippen LogP contribution is 2.20. The first-order valence-electron chi connectivity index (χ1n) is 5.30. The lowest BCUT2D eigenvalue weighted by Crippen LogP contribution is -2.02. The Bertz CT molecular complexity index is 356. The maximum absolute atomic E-state index is 11.8. The second-order valence-corrected chi connectivity index (χ2v) is 4.75. The third kappa shape index (κ3) is 3.67. The monoisotopic (exact) mass is 224 g/mol. The van der Waals surface area contributed by atoms with Crippen molar-refractivity contribution in [2.24, 2.45) is 5.92 Å². The van der Waals surface area contributed by atoms with E-state index in [9.17, 15) is 4.79 Å². The zero-order valence-electron chi connectivity index (χ0n) is 9.51. The van der Waals surface area contributed by atoms with E-state index in [0.717, 1.165) is 12.0 Å². The molecule has 0 aliphatic heterocycles. The van der Waals surface area contributed by atoms with Crippen LogP contribution in [-0.2, 0) is 0 Å². The highest BCUT2D eigenvalue weighted by atomic mass is 35.5. The molecule has 1 aromatic carbocycles. The topological polar surface area (TPSA) is 17.1 Å². The summed E-state index contributed by atoms with van der Waals surface area (Å²) in [4.78, 5) is 11.8. The Morgan fingerprint density at radius 3 is 2.60 bits per heavy atom. The van der Waals surface area contributed by atoms with Crippen molar-refractivity contribution >= 4 is 17.4 Å². The number of rotatable bonds is 4. The molecule has 0 aliphatic rings. The van der Waals surface area contributed by atoms with Crippen LogP contribution < -0.4 is 0 Å². The maximum Gasteiger partial charge on any atom is 0.164 e. The molecule has 0 aromatic heterocycles. The number of ketones is 1. The molecule has 0 bridgehead atoms. The van der Waals surface area contributed by atoms with Gasteiger partial charge in [-0.25, -0.2) is 0 Å². The van der Waals surface area contributed by atoms with Gasteiger partial charge in [0, 0.05) is 12.0 Å². The Hall–Kier alpha value is -0.820. The van der Waals surface area contributed by atoms with Gasteiger partial charge in [0.1, 0.15) is 0 Å². The Labute approximate surface area is 96.5 Å². The molecule has 0 saturated carbocycles. The summed E-state index contributed by atoms with van der Waals surface area (Å²) >= 11 is 6.02. The molecule has 82 valence electrons. The summed E-state index contributed by atoms with van der Waals surface area (Å²) in [6.07, 6.45) is 1.50. The number of hydrogen-bond acceptors (Lipinski definition) is 1. The van der Waals surface area contributed by atoms with E-state index in [1.807, 2.05) is 25.1 Å². The van der Waals surface area contributed by atoms with E-state index < -0.39 is 0 Å². The zero-order chi connectivity index (χ0) is 11.4. The number of hydrogen-bond donors (Lipinski definition) is 0. The van der Waals surface area contributed by atoms with Crippen LogP contribution in [-0.4, -0.2) is 5.78 Å². The van der Waals surface area contributed by atoms with E-state index in [0.29, 0.717) is 22.9 Å². The second kappa shape index (κ2) is 5.32. The number of Topliss-reactive ketones (excluding diaryl/α,β-unsaturated/α-hetero) is 1. The molecule has 0 amide bonds. The molecule has 0 fully saturated rings. The molecular weight excluding hydrogens is 208 g/mol. The van der Waals surface area contributed by atoms with Gasteiger partial charge in [-0.1, -0.05) is 31.5 Å². The standard InChI is InChI=1S/C13H17ClO/c1-9(2)4-7-13(15)11-6-5-10(3)8-12(11)14/h5-6,8-9H,4,7H2,1-3H3. The molecule has 0 heterocycles. The van der Waals surface area contributed by atoms with Crippen molar-refractivity contribution in [2.45, 2.75) is 33.6 Å². The summed E-state index contributed by atoms with van der Waals surface area (Å²) in [5, 5.41) is 0.573. The molecule has 0 spiro atoms. The third-order valence-electron chi connectivity index (χ3n) is 2.37. The largest absolute Gasteiger partial charge is 0.294 e. The van der Waals surface area contributed by atoms with Crippen LogP contribution in [0.4, 0.5) is 0 Å². The van der Waals surface area contributed by atoms with Crippen LogP contribution in [0.15, 0.2) is 18.2 Å². The smallest absolute Gasteiger partial charge is 0.164 e. The van der Waals surface area contributed by atoms with Gasteiger partial charge in [-0.3, -0.25) is 4.79 Å². The lowest BCUT2D eigenvalue weighted by Gasteiger charge is -2.06. The first-order chi connectivity index (χ1) is 7.00. The highest BCUT2D eigenvalue weighted by Gasteiger charge is 2.10. The first kappa shape index (κ1) is 12.3. The minimum Gasteiger partial charge on any atom is -0.294 e. The summed E-state index contributed by atoms with van der Waals surface area (Å²) in [6, 6.07) is 5.58. The Balaban J connectivity index is 2.74. The van der Waals surface area contributed by atoms with Crippen LogP contribution in [0.1, 0.15) is 42.6 Å². The lowest BCUT2D eigenvalue weighted by molar-refractivity contribution is 0.0975. The van der Waals surface area contributed by atoms with Crippen molar-refractivity contribution in [1.82, 2.24) is 0 Å². The van der Waals surface area contributed by atoms with Gasteiger partial charge in [0.25, 0.3) is 0 Å². The summed E-state index contributed by atoms with van der Waals surface area (Å²) < 4.78 is 0. The van der Waals surface area contributed by atoms with Gasteiger partial charge in [-0.05, 0) is 37.0 Å². The fourth-order valence-corrected chi connectivity index (χ4v) is 1.74. The lowest BCUT2D eigenvalue weighted by atomic mass is 10.0. The molecule has 0 atom stereocenters. The number of aryl methyl sites for hydroxylation is 1. The number of carbonyl (C=O) groups is 1. The predicted molar refractivity (Wildman–Crippen MR) is 64.6 cm³/mol. The molecule has 1 rings (SSSR count). The quantitative estimate of drug-likeness (QED) is 0.699. The second-order valence-electron chi connectivity index (χ2n) is 4.34. The van der Waals surface area contributed by atoms with Crippen LogP contribution in [0.2, 0.25) is 5.02 Å². The molecule has 2 heteroatoms. The van der Waals surface area contributed by atoms with Crippen LogP contribution in [0, 0.1) is 12.8 Å². The molecule has 1 aromatic rings. The Morgan fingerprint density at radius 1 is 1.40 bits per heavy atom. The predicted octanol–water partition coefficient (Wildman–Crippen LogP) is 4.27. The van der Waals surface area contributed by atoms with E-state index in [1.165, 1.54) is 0 Å². The number of carbonyl (C=O) groups excluding carboxylic acids is 1. The molecule has 0 aliphatic carbocycles. The van der Waals surface area contributed by atoms with Crippen molar-refractivity contribution in [3.63, 3.8) is 0 Å². The molecule has 1 nitrogen and oxygen atoms in total.